The maximum absolute atomic E-state index is 11.0. The highest BCUT2D eigenvalue weighted by atomic mass is 16.4. The van der Waals surface area contributed by atoms with Gasteiger partial charge in [0.15, 0.2) is 0 Å². The first-order valence-electron chi connectivity index (χ1n) is 4.15. The first-order chi connectivity index (χ1) is 6.06. The summed E-state index contributed by atoms with van der Waals surface area (Å²) in [5.74, 6) is -1.23. The quantitative estimate of drug-likeness (QED) is 0.530. The van der Waals surface area contributed by atoms with E-state index in [-0.39, 0.29) is 37.8 Å². The van der Waals surface area contributed by atoms with Crippen LogP contribution in [-0.2, 0) is 9.59 Å². The molecule has 0 aromatic carbocycles. The van der Waals surface area contributed by atoms with E-state index in [1.165, 1.54) is 0 Å². The van der Waals surface area contributed by atoms with Gasteiger partial charge in [-0.1, -0.05) is 6.92 Å². The molecule has 3 N–H and O–H groups in total. The van der Waals surface area contributed by atoms with Crippen molar-refractivity contribution >= 4 is 11.9 Å². The van der Waals surface area contributed by atoms with Crippen LogP contribution in [0.15, 0.2) is 0 Å². The monoisotopic (exact) mass is 189 g/mol. The molecule has 0 aliphatic rings. The van der Waals surface area contributed by atoms with E-state index in [1.807, 2.05) is 0 Å². The lowest BCUT2D eigenvalue weighted by Gasteiger charge is -2.07. The van der Waals surface area contributed by atoms with E-state index in [2.05, 4.69) is 5.32 Å². The number of hydrogen-bond acceptors (Lipinski definition) is 3. The lowest BCUT2D eigenvalue weighted by atomic mass is 10.1. The summed E-state index contributed by atoms with van der Waals surface area (Å²) in [6.07, 6.45) is 0.162. The number of aliphatic hydroxyl groups excluding tert-OH is 1. The molecule has 0 saturated carbocycles. The van der Waals surface area contributed by atoms with Crippen LogP contribution in [0, 0.1) is 5.92 Å². The molecule has 0 spiro atoms. The van der Waals surface area contributed by atoms with E-state index in [9.17, 15) is 9.59 Å². The standard InChI is InChI=1S/C8H15NO4/c1-6(5-10)4-7(11)9-3-2-8(12)13/h6,10H,2-5H2,1H3,(H,9,11)(H,12,13). The van der Waals surface area contributed by atoms with Gasteiger partial charge in [0, 0.05) is 19.6 Å². The average molecular weight is 189 g/mol. The van der Waals surface area contributed by atoms with Crippen LogP contribution >= 0.6 is 0 Å². The number of amides is 1. The predicted molar refractivity (Wildman–Crippen MR) is 46.1 cm³/mol. The van der Waals surface area contributed by atoms with Crippen molar-refractivity contribution in [3.63, 3.8) is 0 Å². The van der Waals surface area contributed by atoms with Gasteiger partial charge in [0.05, 0.1) is 6.42 Å². The molecule has 0 bridgehead atoms. The van der Waals surface area contributed by atoms with Crippen molar-refractivity contribution in [2.24, 2.45) is 5.92 Å². The molecule has 0 aromatic heterocycles. The van der Waals surface area contributed by atoms with Crippen molar-refractivity contribution in [2.75, 3.05) is 13.2 Å². The summed E-state index contributed by atoms with van der Waals surface area (Å²) in [5, 5.41) is 19.3. The molecule has 1 amide bonds. The molecule has 13 heavy (non-hydrogen) atoms. The molecule has 5 nitrogen and oxygen atoms in total. The second-order valence-electron chi connectivity index (χ2n) is 2.99. The summed E-state index contributed by atoms with van der Waals surface area (Å²) in [5.41, 5.74) is 0. The molecule has 0 saturated heterocycles. The minimum atomic E-state index is -0.935. The molecule has 5 heteroatoms. The molecule has 0 aliphatic carbocycles. The Balaban J connectivity index is 3.46. The van der Waals surface area contributed by atoms with Crippen molar-refractivity contribution in [3.05, 3.63) is 0 Å². The van der Waals surface area contributed by atoms with Gasteiger partial charge < -0.3 is 15.5 Å². The predicted octanol–water partition coefficient (Wildman–Crippen LogP) is -0.404. The molecule has 0 aromatic rings. The van der Waals surface area contributed by atoms with Crippen LogP contribution in [0.3, 0.4) is 0 Å². The molecule has 0 heterocycles. The Labute approximate surface area is 76.8 Å². The number of nitrogens with one attached hydrogen (secondary N) is 1. The van der Waals surface area contributed by atoms with Crippen molar-refractivity contribution in [1.82, 2.24) is 5.32 Å². The van der Waals surface area contributed by atoms with Crippen LogP contribution in [0.5, 0.6) is 0 Å². The third kappa shape index (κ3) is 7.27. The molecule has 1 unspecified atom stereocenters. The summed E-state index contributed by atoms with van der Waals surface area (Å²) in [6, 6.07) is 0. The van der Waals surface area contributed by atoms with E-state index in [4.69, 9.17) is 10.2 Å². The van der Waals surface area contributed by atoms with Crippen molar-refractivity contribution in [3.8, 4) is 0 Å². The summed E-state index contributed by atoms with van der Waals surface area (Å²) in [7, 11) is 0. The van der Waals surface area contributed by atoms with Gasteiger partial charge in [-0.15, -0.1) is 0 Å². The lowest BCUT2D eigenvalue weighted by Crippen LogP contribution is -2.27. The second-order valence-corrected chi connectivity index (χ2v) is 2.99. The molecule has 0 rings (SSSR count). The summed E-state index contributed by atoms with van der Waals surface area (Å²) >= 11 is 0. The highest BCUT2D eigenvalue weighted by molar-refractivity contribution is 5.76. The average Bonchev–Trinajstić information content (AvgIpc) is 2.03. The van der Waals surface area contributed by atoms with Crippen LogP contribution in [0.25, 0.3) is 0 Å². The maximum atomic E-state index is 11.0. The van der Waals surface area contributed by atoms with Gasteiger partial charge in [0.25, 0.3) is 0 Å². The zero-order valence-electron chi connectivity index (χ0n) is 7.62. The molecule has 0 aliphatic heterocycles. The third-order valence-electron chi connectivity index (χ3n) is 1.51. The number of carbonyl (C=O) groups is 2. The summed E-state index contributed by atoms with van der Waals surface area (Å²) in [6.45, 7) is 1.86. The SMILES string of the molecule is CC(CO)CC(=O)NCCC(=O)O. The lowest BCUT2D eigenvalue weighted by molar-refractivity contribution is -0.136. The van der Waals surface area contributed by atoms with Crippen LogP contribution in [0.4, 0.5) is 0 Å². The van der Waals surface area contributed by atoms with E-state index >= 15 is 0 Å². The van der Waals surface area contributed by atoms with Crippen molar-refractivity contribution < 1.29 is 19.8 Å². The van der Waals surface area contributed by atoms with E-state index in [0.29, 0.717) is 0 Å². The molecule has 76 valence electrons. The first kappa shape index (κ1) is 11.9. The molecule has 1 atom stereocenters. The van der Waals surface area contributed by atoms with E-state index < -0.39 is 5.97 Å². The van der Waals surface area contributed by atoms with Gasteiger partial charge in [-0.05, 0) is 5.92 Å². The van der Waals surface area contributed by atoms with Crippen molar-refractivity contribution in [2.45, 2.75) is 19.8 Å². The zero-order chi connectivity index (χ0) is 10.3. The fraction of sp³-hybridized carbons (Fsp3) is 0.750. The topological polar surface area (TPSA) is 86.6 Å². The first-order valence-corrected chi connectivity index (χ1v) is 4.15. The van der Waals surface area contributed by atoms with Gasteiger partial charge in [0.2, 0.25) is 5.91 Å². The highest BCUT2D eigenvalue weighted by Crippen LogP contribution is 1.98. The minimum Gasteiger partial charge on any atom is -0.481 e. The van der Waals surface area contributed by atoms with Gasteiger partial charge >= 0.3 is 5.97 Å². The Morgan fingerprint density at radius 2 is 2.08 bits per heavy atom. The van der Waals surface area contributed by atoms with Crippen LogP contribution in [0.1, 0.15) is 19.8 Å². The van der Waals surface area contributed by atoms with Gasteiger partial charge in [0.1, 0.15) is 0 Å². The number of carboxylic acids is 1. The number of rotatable bonds is 6. The van der Waals surface area contributed by atoms with Crippen molar-refractivity contribution in [1.29, 1.82) is 0 Å². The summed E-state index contributed by atoms with van der Waals surface area (Å²) < 4.78 is 0. The third-order valence-corrected chi connectivity index (χ3v) is 1.51. The Morgan fingerprint density at radius 1 is 1.46 bits per heavy atom. The highest BCUT2D eigenvalue weighted by Gasteiger charge is 2.07. The zero-order valence-corrected chi connectivity index (χ0v) is 7.62. The van der Waals surface area contributed by atoms with E-state index in [0.717, 1.165) is 0 Å². The number of carbonyl (C=O) groups excluding carboxylic acids is 1. The largest absolute Gasteiger partial charge is 0.481 e. The van der Waals surface area contributed by atoms with E-state index in [1.54, 1.807) is 6.92 Å². The smallest absolute Gasteiger partial charge is 0.305 e. The van der Waals surface area contributed by atoms with Crippen LogP contribution in [0.2, 0.25) is 0 Å². The molecule has 0 fully saturated rings. The Bertz CT molecular complexity index is 181. The number of carboxylic acid groups (broad SMARTS) is 1. The Morgan fingerprint density at radius 3 is 2.54 bits per heavy atom. The minimum absolute atomic E-state index is 0.0354. The number of hydrogen-bond donors (Lipinski definition) is 3. The maximum Gasteiger partial charge on any atom is 0.305 e. The fourth-order valence-electron chi connectivity index (χ4n) is 0.762. The van der Waals surface area contributed by atoms with Crippen LogP contribution in [-0.4, -0.2) is 35.2 Å². The molecular weight excluding hydrogens is 174 g/mol. The van der Waals surface area contributed by atoms with Gasteiger partial charge in [-0.25, -0.2) is 0 Å². The Hall–Kier alpha value is -1.10. The van der Waals surface area contributed by atoms with Crippen LogP contribution < -0.4 is 5.32 Å². The summed E-state index contributed by atoms with van der Waals surface area (Å²) in [4.78, 5) is 21.0. The molecular formula is C8H15NO4. The second kappa shape index (κ2) is 6.42. The van der Waals surface area contributed by atoms with Gasteiger partial charge in [-0.3, -0.25) is 9.59 Å². The van der Waals surface area contributed by atoms with Gasteiger partial charge in [-0.2, -0.15) is 0 Å². The Kier molecular flexibility index (Phi) is 5.88. The molecule has 0 radical (unpaired) electrons. The number of aliphatic carboxylic acids is 1. The fourth-order valence-corrected chi connectivity index (χ4v) is 0.762. The normalized spacial score (nSPS) is 12.2. The number of aliphatic hydroxyl groups is 1.